The van der Waals surface area contributed by atoms with Crippen molar-refractivity contribution in [1.29, 1.82) is 5.26 Å². The molecule has 1 aliphatic carbocycles. The van der Waals surface area contributed by atoms with Crippen LogP contribution in [0.3, 0.4) is 0 Å². The van der Waals surface area contributed by atoms with Crippen molar-refractivity contribution in [1.82, 2.24) is 20.2 Å². The van der Waals surface area contributed by atoms with Gasteiger partial charge in [0.2, 0.25) is 5.95 Å². The van der Waals surface area contributed by atoms with E-state index >= 15 is 0 Å². The van der Waals surface area contributed by atoms with Gasteiger partial charge in [-0.2, -0.15) is 5.26 Å². The minimum absolute atomic E-state index is 0.0281. The number of rotatable bonds is 7. The minimum Gasteiger partial charge on any atom is -0.489 e. The number of hydrogen-bond donors (Lipinski definition) is 2. The van der Waals surface area contributed by atoms with E-state index in [4.69, 9.17) is 16.3 Å². The van der Waals surface area contributed by atoms with E-state index in [-0.39, 0.29) is 45.8 Å². The third-order valence-corrected chi connectivity index (χ3v) is 11.0. The highest BCUT2D eigenvalue weighted by Crippen LogP contribution is 2.55. The summed E-state index contributed by atoms with van der Waals surface area (Å²) in [7, 11) is 0. The maximum atomic E-state index is 13.4. The fourth-order valence-electron chi connectivity index (χ4n) is 8.73. The number of anilines is 1. The van der Waals surface area contributed by atoms with E-state index in [1.807, 2.05) is 0 Å². The highest BCUT2D eigenvalue weighted by Gasteiger charge is 2.64. The molecule has 1 amide bonds. The van der Waals surface area contributed by atoms with E-state index in [1.165, 1.54) is 0 Å². The van der Waals surface area contributed by atoms with Crippen LogP contribution in [0.2, 0.25) is 5.02 Å². The Kier molecular flexibility index (Phi) is 8.93. The van der Waals surface area contributed by atoms with Gasteiger partial charge in [-0.3, -0.25) is 4.79 Å². The van der Waals surface area contributed by atoms with E-state index in [0.29, 0.717) is 33.8 Å². The van der Waals surface area contributed by atoms with E-state index in [2.05, 4.69) is 86.5 Å². The minimum atomic E-state index is -0.365. The van der Waals surface area contributed by atoms with Gasteiger partial charge in [0.05, 0.1) is 22.3 Å². The largest absolute Gasteiger partial charge is 0.489 e. The van der Waals surface area contributed by atoms with Gasteiger partial charge in [-0.1, -0.05) is 67.0 Å². The zero-order valence-electron chi connectivity index (χ0n) is 28.0. The molecule has 2 aliphatic heterocycles. The molecule has 0 unspecified atom stereocenters. The number of carbonyl (C=O) groups excluding carboxylic acids is 1. The van der Waals surface area contributed by atoms with Crippen molar-refractivity contribution in [2.75, 3.05) is 37.6 Å². The zero-order valence-corrected chi connectivity index (χ0v) is 28.8. The normalized spacial score (nSPS) is 26.0. The van der Waals surface area contributed by atoms with Crippen LogP contribution in [0.1, 0.15) is 84.2 Å². The number of nitriles is 1. The third-order valence-electron chi connectivity index (χ3n) is 10.7. The highest BCUT2D eigenvalue weighted by molar-refractivity contribution is 6.31. The topological polar surface area (TPSA) is 115 Å². The Morgan fingerprint density at radius 1 is 1.04 bits per heavy atom. The van der Waals surface area contributed by atoms with Crippen molar-refractivity contribution in [3.05, 3.63) is 46.7 Å². The number of aliphatic hydroxyl groups is 1. The zero-order chi connectivity index (χ0) is 32.9. The van der Waals surface area contributed by atoms with Crippen LogP contribution < -0.4 is 15.0 Å². The van der Waals surface area contributed by atoms with Gasteiger partial charge < -0.3 is 25.0 Å². The standard InChI is InChI=1S/C35H49ClN6O3/c1-32(2)20-42(21-33(3,4)27(32)19-41-13-11-24(43)12-14-41)31-38-17-23(18-39-31)28(44)40-29-34(5,6)30(35(29,7)8)45-25-10-9-22(16-37)26(36)15-25/h9-10,15,17-18,24,27,29-30,43H,11-14,19-21H2,1-8H3,(H,40,44). The summed E-state index contributed by atoms with van der Waals surface area (Å²) in [6.07, 6.45) is 4.62. The predicted molar refractivity (Wildman–Crippen MR) is 176 cm³/mol. The number of aliphatic hydroxyl groups excluding tert-OH is 1. The molecule has 0 spiro atoms. The molecule has 2 saturated heterocycles. The molecule has 2 aromatic rings. The van der Waals surface area contributed by atoms with Crippen LogP contribution in [0.5, 0.6) is 5.75 Å². The van der Waals surface area contributed by atoms with Gasteiger partial charge in [-0.15, -0.1) is 0 Å². The second kappa shape index (κ2) is 12.0. The van der Waals surface area contributed by atoms with Gasteiger partial charge in [-0.25, -0.2) is 9.97 Å². The molecule has 3 aliphatic rings. The first-order chi connectivity index (χ1) is 21.0. The monoisotopic (exact) mass is 636 g/mol. The lowest BCUT2D eigenvalue weighted by molar-refractivity contribution is -0.164. The number of likely N-dealkylation sites (tertiary alicyclic amines) is 1. The molecule has 10 heteroatoms. The molecule has 0 atom stereocenters. The lowest BCUT2D eigenvalue weighted by Gasteiger charge is -2.63. The quantitative estimate of drug-likeness (QED) is 0.406. The number of hydrogen-bond acceptors (Lipinski definition) is 8. The van der Waals surface area contributed by atoms with E-state index < -0.39 is 0 Å². The Morgan fingerprint density at radius 3 is 2.16 bits per heavy atom. The summed E-state index contributed by atoms with van der Waals surface area (Å²) >= 11 is 6.23. The Balaban J connectivity index is 1.22. The summed E-state index contributed by atoms with van der Waals surface area (Å²) in [6.45, 7) is 22.3. The summed E-state index contributed by atoms with van der Waals surface area (Å²) in [6, 6.07) is 7.00. The van der Waals surface area contributed by atoms with Gasteiger partial charge in [0.15, 0.2) is 0 Å². The highest BCUT2D eigenvalue weighted by atomic mass is 35.5. The molecule has 1 aromatic carbocycles. The van der Waals surface area contributed by atoms with Crippen LogP contribution in [-0.4, -0.2) is 76.9 Å². The number of nitrogens with one attached hydrogen (secondary N) is 1. The second-order valence-corrected chi connectivity index (χ2v) is 16.4. The average Bonchev–Trinajstić information content (AvgIpc) is 2.96. The Labute approximate surface area is 273 Å². The van der Waals surface area contributed by atoms with Gasteiger partial charge in [-0.05, 0) is 41.7 Å². The molecule has 9 nitrogen and oxygen atoms in total. The molecule has 3 heterocycles. The number of aromatic nitrogens is 2. The van der Waals surface area contributed by atoms with Crippen LogP contribution >= 0.6 is 11.6 Å². The first-order valence-electron chi connectivity index (χ1n) is 16.1. The predicted octanol–water partition coefficient (Wildman–Crippen LogP) is 5.56. The van der Waals surface area contributed by atoms with Crippen molar-refractivity contribution >= 4 is 23.5 Å². The molecule has 1 aromatic heterocycles. The van der Waals surface area contributed by atoms with Crippen LogP contribution in [0, 0.1) is 38.9 Å². The lowest BCUT2D eigenvalue weighted by atomic mass is 9.49. The summed E-state index contributed by atoms with van der Waals surface area (Å²) in [4.78, 5) is 27.6. The third kappa shape index (κ3) is 6.52. The summed E-state index contributed by atoms with van der Waals surface area (Å²) in [5, 5.41) is 22.7. The number of ether oxygens (including phenoxy) is 1. The Bertz CT molecular complexity index is 1410. The average molecular weight is 637 g/mol. The molecular formula is C35H49ClN6O3. The number of halogens is 1. The molecule has 0 radical (unpaired) electrons. The van der Waals surface area contributed by atoms with E-state index in [1.54, 1.807) is 30.6 Å². The van der Waals surface area contributed by atoms with Crippen LogP contribution in [0.4, 0.5) is 5.95 Å². The number of nitrogens with zero attached hydrogens (tertiary/aromatic N) is 5. The fourth-order valence-corrected chi connectivity index (χ4v) is 8.94. The summed E-state index contributed by atoms with van der Waals surface area (Å²) in [5.41, 5.74) is 0.155. The Hall–Kier alpha value is -2.93. The number of amides is 1. The molecule has 45 heavy (non-hydrogen) atoms. The fraction of sp³-hybridized carbons (Fsp3) is 0.657. The Morgan fingerprint density at radius 2 is 1.62 bits per heavy atom. The SMILES string of the molecule is CC1(C)CN(c2ncc(C(=O)NC3C(C)(C)C(Oc4ccc(C#N)c(Cl)c4)C3(C)C)cn2)CC(C)(C)C1CN1CCC(O)CC1. The van der Waals surface area contributed by atoms with Crippen LogP contribution in [-0.2, 0) is 0 Å². The maximum Gasteiger partial charge on any atom is 0.254 e. The molecule has 1 saturated carbocycles. The van der Waals surface area contributed by atoms with Crippen molar-refractivity contribution in [2.45, 2.75) is 86.5 Å². The van der Waals surface area contributed by atoms with Gasteiger partial charge in [0.1, 0.15) is 17.9 Å². The maximum absolute atomic E-state index is 13.4. The van der Waals surface area contributed by atoms with Gasteiger partial charge >= 0.3 is 0 Å². The molecule has 5 rings (SSSR count). The molecule has 2 N–H and O–H groups in total. The number of carbonyl (C=O) groups is 1. The van der Waals surface area contributed by atoms with Crippen molar-refractivity contribution in [2.24, 2.45) is 27.6 Å². The van der Waals surface area contributed by atoms with Gasteiger partial charge in [0.25, 0.3) is 5.91 Å². The first kappa shape index (κ1) is 33.4. The molecule has 0 bridgehead atoms. The number of piperidine rings is 2. The lowest BCUT2D eigenvalue weighted by Crippen LogP contribution is -2.74. The molecular weight excluding hydrogens is 588 g/mol. The van der Waals surface area contributed by atoms with Gasteiger partial charge in [0, 0.05) is 68.1 Å². The van der Waals surface area contributed by atoms with Crippen LogP contribution in [0.25, 0.3) is 0 Å². The smallest absolute Gasteiger partial charge is 0.254 e. The first-order valence-corrected chi connectivity index (χ1v) is 16.5. The second-order valence-electron chi connectivity index (χ2n) is 16.0. The number of benzene rings is 1. The summed E-state index contributed by atoms with van der Waals surface area (Å²) in [5.74, 6) is 1.52. The van der Waals surface area contributed by atoms with E-state index in [9.17, 15) is 15.2 Å². The van der Waals surface area contributed by atoms with E-state index in [0.717, 1.165) is 45.6 Å². The van der Waals surface area contributed by atoms with Crippen LogP contribution in [0.15, 0.2) is 30.6 Å². The molecule has 244 valence electrons. The molecule has 3 fully saturated rings. The van der Waals surface area contributed by atoms with Crippen molar-refractivity contribution in [3.63, 3.8) is 0 Å². The van der Waals surface area contributed by atoms with Crippen molar-refractivity contribution in [3.8, 4) is 11.8 Å². The summed E-state index contributed by atoms with van der Waals surface area (Å²) < 4.78 is 6.36. The van der Waals surface area contributed by atoms with Crippen molar-refractivity contribution < 1.29 is 14.6 Å².